The predicted octanol–water partition coefficient (Wildman–Crippen LogP) is 6.28. The number of hydrogen-bond donors (Lipinski definition) is 0. The summed E-state index contributed by atoms with van der Waals surface area (Å²) in [5, 5.41) is 0. The Balaban J connectivity index is 1.43. The Hall–Kier alpha value is -3.96. The second-order valence-corrected chi connectivity index (χ2v) is 8.33. The van der Waals surface area contributed by atoms with Crippen molar-refractivity contribution in [1.29, 1.82) is 0 Å². The van der Waals surface area contributed by atoms with Gasteiger partial charge in [0.1, 0.15) is 0 Å². The molecule has 33 heavy (non-hydrogen) atoms. The van der Waals surface area contributed by atoms with Gasteiger partial charge in [-0.25, -0.2) is 0 Å². The number of ether oxygens (including phenoxy) is 3. The lowest BCUT2D eigenvalue weighted by Crippen LogP contribution is -2.20. The summed E-state index contributed by atoms with van der Waals surface area (Å²) in [6.07, 6.45) is 2.39. The van der Waals surface area contributed by atoms with Crippen molar-refractivity contribution in [3.05, 3.63) is 120 Å². The molecule has 7 rings (SSSR count). The molecule has 4 atom stereocenters. The molecule has 0 unspecified atom stereocenters. The van der Waals surface area contributed by atoms with Gasteiger partial charge in [0.2, 0.25) is 12.6 Å². The highest BCUT2D eigenvalue weighted by Gasteiger charge is 2.59. The van der Waals surface area contributed by atoms with E-state index in [2.05, 4.69) is 24.3 Å². The van der Waals surface area contributed by atoms with Crippen LogP contribution in [0.25, 0.3) is 22.7 Å². The summed E-state index contributed by atoms with van der Waals surface area (Å²) in [5.41, 5.74) is 4.31. The molecular formula is C28H20O5. The van der Waals surface area contributed by atoms with Crippen LogP contribution in [0.15, 0.2) is 106 Å². The van der Waals surface area contributed by atoms with Gasteiger partial charge in [-0.15, -0.1) is 0 Å². The van der Waals surface area contributed by atoms with Gasteiger partial charge in [-0.05, 0) is 35.4 Å². The fourth-order valence-corrected chi connectivity index (χ4v) is 5.22. The molecule has 1 saturated heterocycles. The molecule has 0 bridgehead atoms. The molecule has 0 N–H and O–H groups in total. The number of hydrogen-bond acceptors (Lipinski definition) is 5. The smallest absolute Gasteiger partial charge is 0.211 e. The van der Waals surface area contributed by atoms with Crippen LogP contribution in [-0.4, -0.2) is 12.6 Å². The molecule has 5 heteroatoms. The fraction of sp³-hybridized carbons (Fsp3) is 0.143. The van der Waals surface area contributed by atoms with Crippen molar-refractivity contribution in [1.82, 2.24) is 0 Å². The van der Waals surface area contributed by atoms with Crippen LogP contribution in [0.5, 0.6) is 0 Å². The lowest BCUT2D eigenvalue weighted by atomic mass is 9.78. The molecule has 3 aliphatic heterocycles. The first-order valence-electron chi connectivity index (χ1n) is 11.0. The van der Waals surface area contributed by atoms with Crippen LogP contribution in [-0.2, 0) is 14.2 Å². The van der Waals surface area contributed by atoms with Gasteiger partial charge in [0.25, 0.3) is 0 Å². The summed E-state index contributed by atoms with van der Waals surface area (Å²) in [6.45, 7) is 0. The number of furan rings is 2. The van der Waals surface area contributed by atoms with Crippen LogP contribution < -0.4 is 0 Å². The van der Waals surface area contributed by atoms with Gasteiger partial charge in [0.05, 0.1) is 24.4 Å². The largest absolute Gasteiger partial charge is 0.461 e. The van der Waals surface area contributed by atoms with Crippen molar-refractivity contribution in [2.24, 2.45) is 11.8 Å². The lowest BCUT2D eigenvalue weighted by molar-refractivity contribution is -0.157. The number of benzene rings is 2. The van der Waals surface area contributed by atoms with Gasteiger partial charge in [-0.1, -0.05) is 60.7 Å². The minimum atomic E-state index is -0.466. The molecule has 0 amide bonds. The molecule has 2 aromatic heterocycles. The van der Waals surface area contributed by atoms with E-state index >= 15 is 0 Å². The normalized spacial score (nSPS) is 25.7. The summed E-state index contributed by atoms with van der Waals surface area (Å²) in [4.78, 5) is 0. The molecule has 2 aromatic carbocycles. The quantitative estimate of drug-likeness (QED) is 0.377. The average molecular weight is 436 g/mol. The minimum Gasteiger partial charge on any atom is -0.461 e. The van der Waals surface area contributed by atoms with Crippen LogP contribution >= 0.6 is 0 Å². The van der Waals surface area contributed by atoms with Crippen molar-refractivity contribution in [2.75, 3.05) is 0 Å². The van der Waals surface area contributed by atoms with Crippen molar-refractivity contribution in [2.45, 2.75) is 12.6 Å². The Morgan fingerprint density at radius 3 is 1.33 bits per heavy atom. The standard InChI is InChI=1S/C28H20O5/c1-3-9-17(10-4-1)21-23-24-22(18-11-5-2-6-12-18)26(20-14-8-16-30-20)32-28(24)33-27(23)31-25(21)19-13-7-15-29-19/h1-16,23-24,27-28H/t23-,24-,27+,28+/m0/s1. The molecule has 162 valence electrons. The maximum Gasteiger partial charge on any atom is 0.211 e. The zero-order valence-corrected chi connectivity index (χ0v) is 17.6. The second kappa shape index (κ2) is 7.29. The minimum absolute atomic E-state index is 0.0693. The van der Waals surface area contributed by atoms with Gasteiger partial charge in [0.15, 0.2) is 23.0 Å². The molecule has 4 aromatic rings. The van der Waals surface area contributed by atoms with Crippen LogP contribution in [0.2, 0.25) is 0 Å². The van der Waals surface area contributed by atoms with Crippen molar-refractivity contribution >= 4 is 22.7 Å². The fourth-order valence-electron chi connectivity index (χ4n) is 5.22. The number of fused-ring (bicyclic) bond motifs is 3. The Morgan fingerprint density at radius 1 is 0.485 bits per heavy atom. The third-order valence-corrected chi connectivity index (χ3v) is 6.53. The van der Waals surface area contributed by atoms with Gasteiger partial charge >= 0.3 is 0 Å². The monoisotopic (exact) mass is 436 g/mol. The summed E-state index contributed by atoms with van der Waals surface area (Å²) >= 11 is 0. The molecule has 0 saturated carbocycles. The zero-order valence-electron chi connectivity index (χ0n) is 17.6. The third kappa shape index (κ3) is 2.82. The molecule has 0 aliphatic carbocycles. The van der Waals surface area contributed by atoms with Gasteiger partial charge in [-0.2, -0.15) is 0 Å². The molecule has 5 heterocycles. The Labute approximate surface area is 190 Å². The van der Waals surface area contributed by atoms with E-state index < -0.39 is 12.6 Å². The zero-order chi connectivity index (χ0) is 21.8. The molecule has 5 nitrogen and oxygen atoms in total. The molecule has 0 spiro atoms. The Morgan fingerprint density at radius 2 is 0.939 bits per heavy atom. The molecule has 3 aliphatic rings. The van der Waals surface area contributed by atoms with Gasteiger partial charge in [-0.3, -0.25) is 0 Å². The molecule has 0 radical (unpaired) electrons. The lowest BCUT2D eigenvalue weighted by Gasteiger charge is -2.19. The molecule has 1 fully saturated rings. The van der Waals surface area contributed by atoms with Crippen LogP contribution in [0, 0.1) is 11.8 Å². The summed E-state index contributed by atoms with van der Waals surface area (Å²) in [6, 6.07) is 28.2. The first-order valence-corrected chi connectivity index (χ1v) is 11.0. The van der Waals surface area contributed by atoms with E-state index in [9.17, 15) is 0 Å². The Bertz CT molecular complexity index is 1230. The summed E-state index contributed by atoms with van der Waals surface area (Å²) in [7, 11) is 0. The van der Waals surface area contributed by atoms with E-state index in [1.54, 1.807) is 12.5 Å². The van der Waals surface area contributed by atoms with E-state index in [-0.39, 0.29) is 11.8 Å². The van der Waals surface area contributed by atoms with E-state index in [0.29, 0.717) is 11.5 Å². The first-order chi connectivity index (χ1) is 16.4. The highest BCUT2D eigenvalue weighted by atomic mass is 16.8. The van der Waals surface area contributed by atoms with E-state index in [1.165, 1.54) is 0 Å². The topological polar surface area (TPSA) is 54.0 Å². The first kappa shape index (κ1) is 18.6. The van der Waals surface area contributed by atoms with Crippen molar-refractivity contribution in [3.8, 4) is 0 Å². The summed E-state index contributed by atoms with van der Waals surface area (Å²) in [5.74, 6) is 2.69. The third-order valence-electron chi connectivity index (χ3n) is 6.53. The predicted molar refractivity (Wildman–Crippen MR) is 122 cm³/mol. The number of rotatable bonds is 4. The highest BCUT2D eigenvalue weighted by Crippen LogP contribution is 2.59. The Kier molecular flexibility index (Phi) is 4.11. The summed E-state index contributed by atoms with van der Waals surface area (Å²) < 4.78 is 30.6. The van der Waals surface area contributed by atoms with Crippen LogP contribution in [0.4, 0.5) is 0 Å². The molecular weight excluding hydrogens is 416 g/mol. The van der Waals surface area contributed by atoms with Crippen molar-refractivity contribution < 1.29 is 23.0 Å². The van der Waals surface area contributed by atoms with E-state index in [1.807, 2.05) is 60.7 Å². The van der Waals surface area contributed by atoms with Gasteiger partial charge < -0.3 is 23.0 Å². The maximum atomic E-state index is 6.38. The van der Waals surface area contributed by atoms with Crippen LogP contribution in [0.1, 0.15) is 22.6 Å². The van der Waals surface area contributed by atoms with Crippen molar-refractivity contribution in [3.63, 3.8) is 0 Å². The SMILES string of the molecule is c1ccc(C2=C(c3ccco3)O[C@@H]3O[C@H]4OC(c5ccco5)=C(c5ccccc5)[C@H]4[C@H]23)cc1. The van der Waals surface area contributed by atoms with E-state index in [4.69, 9.17) is 23.0 Å². The maximum absolute atomic E-state index is 6.38. The highest BCUT2D eigenvalue weighted by molar-refractivity contribution is 5.95. The second-order valence-electron chi connectivity index (χ2n) is 8.33. The average Bonchev–Trinajstić information content (AvgIpc) is 3.66. The van der Waals surface area contributed by atoms with Crippen LogP contribution in [0.3, 0.4) is 0 Å². The van der Waals surface area contributed by atoms with E-state index in [0.717, 1.165) is 33.8 Å². The van der Waals surface area contributed by atoms with Gasteiger partial charge in [0, 0.05) is 11.1 Å².